The number of rotatable bonds is 5. The maximum atomic E-state index is 13.7. The highest BCUT2D eigenvalue weighted by molar-refractivity contribution is 6.00. The number of anilines is 2. The van der Waals surface area contributed by atoms with Crippen LogP contribution in [0.25, 0.3) is 0 Å². The van der Waals surface area contributed by atoms with Crippen molar-refractivity contribution in [3.05, 3.63) is 59.7 Å². The van der Waals surface area contributed by atoms with Crippen molar-refractivity contribution in [3.63, 3.8) is 0 Å². The molecule has 0 unspecified atom stereocenters. The van der Waals surface area contributed by atoms with Crippen LogP contribution < -0.4 is 10.2 Å². The van der Waals surface area contributed by atoms with E-state index >= 15 is 0 Å². The maximum Gasteiger partial charge on any atom is 0.235 e. The molecule has 2 amide bonds. The zero-order chi connectivity index (χ0) is 23.4. The first-order valence-corrected chi connectivity index (χ1v) is 12.1. The van der Waals surface area contributed by atoms with Gasteiger partial charge in [-0.15, -0.1) is 0 Å². The molecule has 0 saturated carbocycles. The fraction of sp³-hybridized carbons (Fsp3) is 0.481. The molecule has 176 valence electrons. The monoisotopic (exact) mass is 448 g/mol. The number of nitrogens with zero attached hydrogens (tertiary/aromatic N) is 3. The minimum atomic E-state index is -0.630. The van der Waals surface area contributed by atoms with Crippen LogP contribution in [0.3, 0.4) is 0 Å². The van der Waals surface area contributed by atoms with Gasteiger partial charge in [0, 0.05) is 57.6 Å². The lowest BCUT2D eigenvalue weighted by atomic mass is 9.72. The molecular weight excluding hydrogens is 412 g/mol. The Kier molecular flexibility index (Phi) is 7.03. The topological polar surface area (TPSA) is 55.9 Å². The van der Waals surface area contributed by atoms with Crippen molar-refractivity contribution in [2.75, 3.05) is 56.0 Å². The molecule has 2 aromatic carbocycles. The van der Waals surface area contributed by atoms with Crippen LogP contribution in [0.5, 0.6) is 0 Å². The zero-order valence-corrected chi connectivity index (χ0v) is 20.1. The van der Waals surface area contributed by atoms with E-state index in [4.69, 9.17) is 0 Å². The number of piperidine rings is 1. The molecule has 4 rings (SSSR count). The van der Waals surface area contributed by atoms with Crippen molar-refractivity contribution >= 4 is 23.2 Å². The van der Waals surface area contributed by atoms with Gasteiger partial charge < -0.3 is 20.0 Å². The Bertz CT molecular complexity index is 975. The summed E-state index contributed by atoms with van der Waals surface area (Å²) < 4.78 is 0. The van der Waals surface area contributed by atoms with E-state index < -0.39 is 5.41 Å². The Hall–Kier alpha value is -2.86. The molecule has 0 atom stereocenters. The van der Waals surface area contributed by atoms with Crippen LogP contribution in [-0.2, 0) is 15.0 Å². The first-order valence-electron chi connectivity index (χ1n) is 12.1. The van der Waals surface area contributed by atoms with Crippen LogP contribution in [0.4, 0.5) is 11.4 Å². The molecule has 0 aromatic heterocycles. The van der Waals surface area contributed by atoms with Gasteiger partial charge in [-0.2, -0.15) is 0 Å². The van der Waals surface area contributed by atoms with Crippen molar-refractivity contribution in [1.29, 1.82) is 0 Å². The number of likely N-dealkylation sites (N-methyl/N-ethyl adjacent to an activating group) is 1. The molecule has 0 spiro atoms. The molecular formula is C27H36N4O2. The van der Waals surface area contributed by atoms with Gasteiger partial charge in [-0.1, -0.05) is 37.3 Å². The largest absolute Gasteiger partial charge is 0.369 e. The standard InChI is InChI=1S/C27H36N4O2/c1-4-29-16-18-31(19-17-29)24-10-11-25(21(2)20-24)28-26(33)27(23-8-6-5-7-9-23)12-14-30(15-13-27)22(3)32/h5-11,20H,4,12-19H2,1-3H3,(H,28,33). The quantitative estimate of drug-likeness (QED) is 0.759. The summed E-state index contributed by atoms with van der Waals surface area (Å²) in [5.41, 5.74) is 3.54. The van der Waals surface area contributed by atoms with Crippen molar-refractivity contribution in [2.24, 2.45) is 0 Å². The predicted octanol–water partition coefficient (Wildman–Crippen LogP) is 3.66. The molecule has 2 fully saturated rings. The van der Waals surface area contributed by atoms with Gasteiger partial charge >= 0.3 is 0 Å². The highest BCUT2D eigenvalue weighted by Crippen LogP contribution is 2.37. The van der Waals surface area contributed by atoms with Gasteiger partial charge in [0.2, 0.25) is 11.8 Å². The Balaban J connectivity index is 1.52. The predicted molar refractivity (Wildman–Crippen MR) is 134 cm³/mol. The SMILES string of the molecule is CCN1CCN(c2ccc(NC(=O)C3(c4ccccc4)CCN(C(C)=O)CC3)c(C)c2)CC1. The summed E-state index contributed by atoms with van der Waals surface area (Å²) >= 11 is 0. The number of hydrogen-bond donors (Lipinski definition) is 1. The number of carbonyl (C=O) groups is 2. The van der Waals surface area contributed by atoms with E-state index in [1.807, 2.05) is 41.3 Å². The summed E-state index contributed by atoms with van der Waals surface area (Å²) in [5.74, 6) is 0.0904. The van der Waals surface area contributed by atoms with E-state index in [1.165, 1.54) is 5.69 Å². The number of aryl methyl sites for hydroxylation is 1. The zero-order valence-electron chi connectivity index (χ0n) is 20.1. The highest BCUT2D eigenvalue weighted by atomic mass is 16.2. The summed E-state index contributed by atoms with van der Waals surface area (Å²) in [7, 11) is 0. The minimum Gasteiger partial charge on any atom is -0.369 e. The van der Waals surface area contributed by atoms with Crippen LogP contribution >= 0.6 is 0 Å². The normalized spacial score (nSPS) is 18.8. The summed E-state index contributed by atoms with van der Waals surface area (Å²) in [6.07, 6.45) is 1.25. The van der Waals surface area contributed by atoms with Crippen LogP contribution in [0.2, 0.25) is 0 Å². The lowest BCUT2D eigenvalue weighted by Gasteiger charge is -2.41. The Morgan fingerprint density at radius 3 is 2.18 bits per heavy atom. The van der Waals surface area contributed by atoms with E-state index in [0.29, 0.717) is 25.9 Å². The third-order valence-electron chi connectivity index (χ3n) is 7.47. The lowest BCUT2D eigenvalue weighted by molar-refractivity contribution is -0.133. The third kappa shape index (κ3) is 4.91. The van der Waals surface area contributed by atoms with Crippen molar-refractivity contribution in [2.45, 2.75) is 39.0 Å². The fourth-order valence-corrected chi connectivity index (χ4v) is 5.16. The van der Waals surface area contributed by atoms with Gasteiger partial charge in [0.25, 0.3) is 0 Å². The van der Waals surface area contributed by atoms with Crippen molar-refractivity contribution < 1.29 is 9.59 Å². The second kappa shape index (κ2) is 9.96. The Morgan fingerprint density at radius 1 is 0.939 bits per heavy atom. The third-order valence-corrected chi connectivity index (χ3v) is 7.47. The molecule has 33 heavy (non-hydrogen) atoms. The van der Waals surface area contributed by atoms with Gasteiger partial charge in [-0.05, 0) is 55.6 Å². The molecule has 1 N–H and O–H groups in total. The second-order valence-corrected chi connectivity index (χ2v) is 9.33. The molecule has 2 aliphatic heterocycles. The Labute approximate surface area is 197 Å². The number of likely N-dealkylation sites (tertiary alicyclic amines) is 1. The first kappa shape index (κ1) is 23.3. The average Bonchev–Trinajstić information content (AvgIpc) is 2.85. The summed E-state index contributed by atoms with van der Waals surface area (Å²) in [6.45, 7) is 12.4. The highest BCUT2D eigenvalue weighted by Gasteiger charge is 2.43. The molecule has 0 radical (unpaired) electrons. The van der Waals surface area contributed by atoms with E-state index in [2.05, 4.69) is 41.1 Å². The summed E-state index contributed by atoms with van der Waals surface area (Å²) in [4.78, 5) is 32.3. The van der Waals surface area contributed by atoms with Crippen LogP contribution in [0.15, 0.2) is 48.5 Å². The lowest BCUT2D eigenvalue weighted by Crippen LogP contribution is -2.50. The van der Waals surface area contributed by atoms with Gasteiger partial charge in [-0.25, -0.2) is 0 Å². The van der Waals surface area contributed by atoms with Gasteiger partial charge in [0.15, 0.2) is 0 Å². The number of benzene rings is 2. The fourth-order valence-electron chi connectivity index (χ4n) is 5.16. The average molecular weight is 449 g/mol. The van der Waals surface area contributed by atoms with Gasteiger partial charge in [0.1, 0.15) is 0 Å². The number of nitrogens with one attached hydrogen (secondary N) is 1. The summed E-state index contributed by atoms with van der Waals surface area (Å²) in [6, 6.07) is 16.4. The second-order valence-electron chi connectivity index (χ2n) is 9.33. The molecule has 6 heteroatoms. The van der Waals surface area contributed by atoms with Crippen LogP contribution in [0, 0.1) is 6.92 Å². The number of amides is 2. The van der Waals surface area contributed by atoms with E-state index in [0.717, 1.165) is 49.5 Å². The Morgan fingerprint density at radius 2 is 1.61 bits per heavy atom. The van der Waals surface area contributed by atoms with Crippen molar-refractivity contribution in [3.8, 4) is 0 Å². The number of piperazine rings is 1. The molecule has 2 saturated heterocycles. The molecule has 0 bridgehead atoms. The maximum absolute atomic E-state index is 13.7. The van der Waals surface area contributed by atoms with Crippen molar-refractivity contribution in [1.82, 2.24) is 9.80 Å². The van der Waals surface area contributed by atoms with Crippen LogP contribution in [0.1, 0.15) is 37.8 Å². The molecule has 6 nitrogen and oxygen atoms in total. The number of carbonyl (C=O) groups excluding carboxylic acids is 2. The first-order chi connectivity index (χ1) is 15.9. The minimum absolute atomic E-state index is 0.0179. The molecule has 2 aromatic rings. The van der Waals surface area contributed by atoms with E-state index in [-0.39, 0.29) is 11.8 Å². The smallest absolute Gasteiger partial charge is 0.235 e. The van der Waals surface area contributed by atoms with Gasteiger partial charge in [0.05, 0.1) is 5.41 Å². The van der Waals surface area contributed by atoms with E-state index in [1.54, 1.807) is 6.92 Å². The van der Waals surface area contributed by atoms with Gasteiger partial charge in [-0.3, -0.25) is 9.59 Å². The molecule has 2 aliphatic rings. The molecule has 2 heterocycles. The van der Waals surface area contributed by atoms with E-state index in [9.17, 15) is 9.59 Å². The molecule has 0 aliphatic carbocycles. The number of hydrogen-bond acceptors (Lipinski definition) is 4. The summed E-state index contributed by atoms with van der Waals surface area (Å²) in [5, 5.41) is 3.24. The van der Waals surface area contributed by atoms with Crippen LogP contribution in [-0.4, -0.2) is 67.4 Å².